The van der Waals surface area contributed by atoms with Crippen LogP contribution in [0, 0.1) is 10.1 Å². The first-order valence-electron chi connectivity index (χ1n) is 4.94. The molecule has 1 N–H and O–H groups in total. The minimum atomic E-state index is -0.578. The van der Waals surface area contributed by atoms with Gasteiger partial charge in [0.1, 0.15) is 11.0 Å². The van der Waals surface area contributed by atoms with Gasteiger partial charge in [-0.05, 0) is 13.8 Å². The van der Waals surface area contributed by atoms with Gasteiger partial charge in [0.25, 0.3) is 5.69 Å². The van der Waals surface area contributed by atoms with E-state index >= 15 is 0 Å². The van der Waals surface area contributed by atoms with E-state index < -0.39 is 10.5 Å². The lowest BCUT2D eigenvalue weighted by molar-refractivity contribution is -0.384. The Morgan fingerprint density at radius 1 is 1.59 bits per heavy atom. The highest BCUT2D eigenvalue weighted by Crippen LogP contribution is 2.26. The van der Waals surface area contributed by atoms with Crippen molar-refractivity contribution in [2.45, 2.75) is 19.4 Å². The van der Waals surface area contributed by atoms with E-state index in [0.29, 0.717) is 5.82 Å². The molecule has 1 heterocycles. The standard InChI is InChI=1S/C10H14ClN3O3/c1-10(2,6-15)13(3)9-5-7(14(16)17)4-8(11)12-9/h4-5,15H,6H2,1-3H3. The summed E-state index contributed by atoms with van der Waals surface area (Å²) < 4.78 is 0. The Balaban J connectivity index is 3.18. The van der Waals surface area contributed by atoms with Crippen LogP contribution in [0.4, 0.5) is 11.5 Å². The van der Waals surface area contributed by atoms with Gasteiger partial charge < -0.3 is 10.0 Å². The van der Waals surface area contributed by atoms with Gasteiger partial charge in [0.05, 0.1) is 29.2 Å². The predicted molar refractivity (Wildman–Crippen MR) is 65.5 cm³/mol. The fourth-order valence-corrected chi connectivity index (χ4v) is 1.36. The van der Waals surface area contributed by atoms with Crippen LogP contribution < -0.4 is 4.90 Å². The maximum atomic E-state index is 10.7. The maximum absolute atomic E-state index is 10.7. The number of aromatic nitrogens is 1. The van der Waals surface area contributed by atoms with Crippen LogP contribution in [0.25, 0.3) is 0 Å². The van der Waals surface area contributed by atoms with E-state index in [9.17, 15) is 15.2 Å². The molecule has 6 nitrogen and oxygen atoms in total. The quantitative estimate of drug-likeness (QED) is 0.507. The van der Waals surface area contributed by atoms with Crippen LogP contribution in [-0.4, -0.2) is 34.2 Å². The van der Waals surface area contributed by atoms with Crippen molar-refractivity contribution in [1.29, 1.82) is 0 Å². The molecule has 94 valence electrons. The van der Waals surface area contributed by atoms with Gasteiger partial charge in [-0.15, -0.1) is 0 Å². The van der Waals surface area contributed by atoms with Gasteiger partial charge in [-0.1, -0.05) is 11.6 Å². The number of nitro groups is 1. The zero-order chi connectivity index (χ0) is 13.2. The number of aliphatic hydroxyl groups is 1. The van der Waals surface area contributed by atoms with Crippen LogP contribution in [0.5, 0.6) is 0 Å². The van der Waals surface area contributed by atoms with Crippen molar-refractivity contribution < 1.29 is 10.0 Å². The van der Waals surface area contributed by atoms with Gasteiger partial charge in [0.15, 0.2) is 0 Å². The smallest absolute Gasteiger partial charge is 0.276 e. The molecular formula is C10H14ClN3O3. The number of hydrogen-bond donors (Lipinski definition) is 1. The summed E-state index contributed by atoms with van der Waals surface area (Å²) in [6, 6.07) is 2.51. The number of hydrogen-bond acceptors (Lipinski definition) is 5. The highest BCUT2D eigenvalue weighted by Gasteiger charge is 2.25. The van der Waals surface area contributed by atoms with Gasteiger partial charge in [0.2, 0.25) is 0 Å². The summed E-state index contributed by atoms with van der Waals surface area (Å²) in [6.45, 7) is 3.48. The SMILES string of the molecule is CN(c1cc([N+](=O)[O-])cc(Cl)n1)C(C)(C)CO. The zero-order valence-corrected chi connectivity index (χ0v) is 10.6. The van der Waals surface area contributed by atoms with E-state index in [-0.39, 0.29) is 17.4 Å². The highest BCUT2D eigenvalue weighted by atomic mass is 35.5. The summed E-state index contributed by atoms with van der Waals surface area (Å²) in [7, 11) is 1.69. The second-order valence-electron chi connectivity index (χ2n) is 4.29. The van der Waals surface area contributed by atoms with Crippen molar-refractivity contribution in [1.82, 2.24) is 4.98 Å². The van der Waals surface area contributed by atoms with Crippen molar-refractivity contribution in [3.63, 3.8) is 0 Å². The van der Waals surface area contributed by atoms with Crippen LogP contribution in [0.15, 0.2) is 12.1 Å². The number of rotatable bonds is 4. The third-order valence-electron chi connectivity index (χ3n) is 2.61. The summed E-state index contributed by atoms with van der Waals surface area (Å²) in [5.74, 6) is 0.350. The molecule has 0 atom stereocenters. The summed E-state index contributed by atoms with van der Waals surface area (Å²) in [5.41, 5.74) is -0.702. The first-order chi connectivity index (χ1) is 7.77. The Morgan fingerprint density at radius 3 is 2.65 bits per heavy atom. The van der Waals surface area contributed by atoms with Gasteiger partial charge >= 0.3 is 0 Å². The van der Waals surface area contributed by atoms with Gasteiger partial charge in [-0.2, -0.15) is 0 Å². The van der Waals surface area contributed by atoms with Gasteiger partial charge in [-0.3, -0.25) is 10.1 Å². The lowest BCUT2D eigenvalue weighted by Gasteiger charge is -2.34. The number of aliphatic hydroxyl groups excluding tert-OH is 1. The van der Waals surface area contributed by atoms with Crippen molar-refractivity contribution in [3.05, 3.63) is 27.4 Å². The van der Waals surface area contributed by atoms with E-state index in [4.69, 9.17) is 11.6 Å². The number of halogens is 1. The normalized spacial score (nSPS) is 11.4. The summed E-state index contributed by atoms with van der Waals surface area (Å²) in [4.78, 5) is 15.8. The maximum Gasteiger partial charge on any atom is 0.276 e. The van der Waals surface area contributed by atoms with Crippen molar-refractivity contribution >= 4 is 23.1 Å². The first-order valence-corrected chi connectivity index (χ1v) is 5.32. The lowest BCUT2D eigenvalue weighted by Crippen LogP contribution is -2.44. The third-order valence-corrected chi connectivity index (χ3v) is 2.81. The molecule has 0 aliphatic carbocycles. The molecule has 0 spiro atoms. The summed E-state index contributed by atoms with van der Waals surface area (Å²) >= 11 is 5.73. The molecule has 0 aromatic carbocycles. The predicted octanol–water partition coefficient (Wildman–Crippen LogP) is 1.85. The summed E-state index contributed by atoms with van der Waals surface area (Å²) in [6.07, 6.45) is 0. The van der Waals surface area contributed by atoms with Crippen molar-refractivity contribution in [2.75, 3.05) is 18.6 Å². The zero-order valence-electron chi connectivity index (χ0n) is 9.85. The van der Waals surface area contributed by atoms with Crippen LogP contribution >= 0.6 is 11.6 Å². The molecule has 0 bridgehead atoms. The molecule has 0 unspecified atom stereocenters. The molecule has 0 amide bonds. The average molecular weight is 260 g/mol. The van der Waals surface area contributed by atoms with E-state index in [2.05, 4.69) is 4.98 Å². The fraction of sp³-hybridized carbons (Fsp3) is 0.500. The van der Waals surface area contributed by atoms with E-state index in [1.165, 1.54) is 12.1 Å². The van der Waals surface area contributed by atoms with Crippen LogP contribution in [0.1, 0.15) is 13.8 Å². The monoisotopic (exact) mass is 259 g/mol. The number of pyridine rings is 1. The first kappa shape index (κ1) is 13.7. The van der Waals surface area contributed by atoms with Crippen molar-refractivity contribution in [3.8, 4) is 0 Å². The van der Waals surface area contributed by atoms with E-state index in [1.54, 1.807) is 25.8 Å². The average Bonchev–Trinajstić information content (AvgIpc) is 2.27. The lowest BCUT2D eigenvalue weighted by atomic mass is 10.1. The number of nitrogens with zero attached hydrogens (tertiary/aromatic N) is 3. The van der Waals surface area contributed by atoms with Gasteiger partial charge in [0, 0.05) is 7.05 Å². The minimum absolute atomic E-state index is 0.0507. The molecule has 0 saturated heterocycles. The second-order valence-corrected chi connectivity index (χ2v) is 4.68. The number of anilines is 1. The van der Waals surface area contributed by atoms with Crippen LogP contribution in [0.3, 0.4) is 0 Å². The van der Waals surface area contributed by atoms with Crippen LogP contribution in [0.2, 0.25) is 5.15 Å². The Bertz CT molecular complexity index is 437. The number of likely N-dealkylation sites (N-methyl/N-ethyl adjacent to an activating group) is 1. The molecule has 0 aliphatic rings. The van der Waals surface area contributed by atoms with E-state index in [1.807, 2.05) is 0 Å². The molecule has 1 rings (SSSR count). The highest BCUT2D eigenvalue weighted by molar-refractivity contribution is 6.29. The molecule has 7 heteroatoms. The molecule has 17 heavy (non-hydrogen) atoms. The molecule has 0 aliphatic heterocycles. The molecule has 1 aromatic rings. The Hall–Kier alpha value is -1.40. The summed E-state index contributed by atoms with van der Waals surface area (Å²) in [5, 5.41) is 20.0. The largest absolute Gasteiger partial charge is 0.394 e. The van der Waals surface area contributed by atoms with Crippen LogP contribution in [-0.2, 0) is 0 Å². The minimum Gasteiger partial charge on any atom is -0.394 e. The fourth-order valence-electron chi connectivity index (χ4n) is 1.16. The molecular weight excluding hydrogens is 246 g/mol. The Kier molecular flexibility index (Phi) is 3.90. The van der Waals surface area contributed by atoms with Gasteiger partial charge in [-0.25, -0.2) is 4.98 Å². The van der Waals surface area contributed by atoms with Crippen molar-refractivity contribution in [2.24, 2.45) is 0 Å². The van der Waals surface area contributed by atoms with E-state index in [0.717, 1.165) is 0 Å². The third kappa shape index (κ3) is 3.04. The Morgan fingerprint density at radius 2 is 2.18 bits per heavy atom. The Labute approximate surface area is 104 Å². The molecule has 1 aromatic heterocycles. The molecule has 0 fully saturated rings. The molecule has 0 radical (unpaired) electrons. The second kappa shape index (κ2) is 4.85. The topological polar surface area (TPSA) is 79.5 Å². The molecule has 0 saturated carbocycles.